The average molecular weight is 324 g/mol. The molecule has 0 aliphatic carbocycles. The molecule has 2 N–H and O–H groups in total. The highest BCUT2D eigenvalue weighted by atomic mass is 32.2. The van der Waals surface area contributed by atoms with Crippen LogP contribution in [0.5, 0.6) is 0 Å². The fourth-order valence-corrected chi connectivity index (χ4v) is 4.12. The standard InChI is InChI=1S/C15H20N2O2S2/c1-11(2)16-10-13-5-7-14(8-6-13)17-21(18,19)15-9-4-12(3)20-15/h4-9,11,16-17H,10H2,1-3H3. The lowest BCUT2D eigenvalue weighted by molar-refractivity contribution is 0.589. The van der Waals surface area contributed by atoms with E-state index in [-0.39, 0.29) is 0 Å². The van der Waals surface area contributed by atoms with Crippen molar-refractivity contribution >= 4 is 27.0 Å². The van der Waals surface area contributed by atoms with Crippen molar-refractivity contribution < 1.29 is 8.42 Å². The molecule has 4 nitrogen and oxygen atoms in total. The van der Waals surface area contributed by atoms with Crippen LogP contribution in [0.4, 0.5) is 5.69 Å². The van der Waals surface area contributed by atoms with Gasteiger partial charge < -0.3 is 5.32 Å². The smallest absolute Gasteiger partial charge is 0.271 e. The van der Waals surface area contributed by atoms with Crippen molar-refractivity contribution in [2.45, 2.75) is 37.6 Å². The van der Waals surface area contributed by atoms with E-state index < -0.39 is 10.0 Å². The minimum absolute atomic E-state index is 0.338. The number of hydrogen-bond acceptors (Lipinski definition) is 4. The lowest BCUT2D eigenvalue weighted by Gasteiger charge is -2.10. The second-order valence-electron chi connectivity index (χ2n) is 5.20. The summed E-state index contributed by atoms with van der Waals surface area (Å²) in [4.78, 5) is 0.977. The molecule has 2 rings (SSSR count). The third-order valence-corrected chi connectivity index (χ3v) is 5.77. The Labute approximate surface area is 130 Å². The van der Waals surface area contributed by atoms with Crippen LogP contribution in [0.15, 0.2) is 40.6 Å². The van der Waals surface area contributed by atoms with Crippen LogP contribution in [0.3, 0.4) is 0 Å². The summed E-state index contributed by atoms with van der Waals surface area (Å²) in [5.74, 6) is 0. The number of rotatable bonds is 6. The van der Waals surface area contributed by atoms with E-state index in [1.807, 2.05) is 19.1 Å². The van der Waals surface area contributed by atoms with Crippen molar-refractivity contribution in [3.05, 3.63) is 46.8 Å². The molecule has 0 aliphatic heterocycles. The van der Waals surface area contributed by atoms with Gasteiger partial charge in [-0.15, -0.1) is 11.3 Å². The van der Waals surface area contributed by atoms with E-state index in [4.69, 9.17) is 0 Å². The second-order valence-corrected chi connectivity index (χ2v) is 8.40. The highest BCUT2D eigenvalue weighted by Gasteiger charge is 2.16. The monoisotopic (exact) mass is 324 g/mol. The van der Waals surface area contributed by atoms with Gasteiger partial charge in [-0.1, -0.05) is 26.0 Å². The lowest BCUT2D eigenvalue weighted by Crippen LogP contribution is -2.21. The number of nitrogens with one attached hydrogen (secondary N) is 2. The molecule has 0 unspecified atom stereocenters. The van der Waals surface area contributed by atoms with Gasteiger partial charge >= 0.3 is 0 Å². The van der Waals surface area contributed by atoms with Crippen LogP contribution in [-0.4, -0.2) is 14.5 Å². The zero-order chi connectivity index (χ0) is 15.5. The molecule has 0 atom stereocenters. The molecule has 0 aliphatic rings. The molecule has 0 amide bonds. The maximum Gasteiger partial charge on any atom is 0.271 e. The van der Waals surface area contributed by atoms with Gasteiger partial charge in [-0.25, -0.2) is 8.42 Å². The molecule has 0 radical (unpaired) electrons. The number of anilines is 1. The Bertz CT molecular complexity index is 689. The molecule has 6 heteroatoms. The summed E-state index contributed by atoms with van der Waals surface area (Å²) in [5, 5.41) is 3.32. The number of aryl methyl sites for hydroxylation is 1. The summed E-state index contributed by atoms with van der Waals surface area (Å²) in [6.07, 6.45) is 0. The Balaban J connectivity index is 2.06. The first kappa shape index (κ1) is 16.0. The third kappa shape index (κ3) is 4.56. The maximum atomic E-state index is 12.2. The summed E-state index contributed by atoms with van der Waals surface area (Å²) in [5.41, 5.74) is 1.70. The molecule has 1 heterocycles. The molecular weight excluding hydrogens is 304 g/mol. The van der Waals surface area contributed by atoms with Crippen LogP contribution in [-0.2, 0) is 16.6 Å². The van der Waals surface area contributed by atoms with Crippen LogP contribution in [0.25, 0.3) is 0 Å². The van der Waals surface area contributed by atoms with Crippen molar-refractivity contribution in [1.29, 1.82) is 0 Å². The van der Waals surface area contributed by atoms with E-state index in [1.165, 1.54) is 11.3 Å². The summed E-state index contributed by atoms with van der Waals surface area (Å²) in [7, 11) is -3.48. The Kier molecular flexibility index (Phi) is 5.03. The number of hydrogen-bond donors (Lipinski definition) is 2. The van der Waals surface area contributed by atoms with Gasteiger partial charge in [-0.3, -0.25) is 4.72 Å². The Morgan fingerprint density at radius 3 is 2.29 bits per heavy atom. The van der Waals surface area contributed by atoms with Crippen LogP contribution in [0.2, 0.25) is 0 Å². The van der Waals surface area contributed by atoms with E-state index in [1.54, 1.807) is 24.3 Å². The van der Waals surface area contributed by atoms with Crippen molar-refractivity contribution in [3.8, 4) is 0 Å². The SMILES string of the molecule is Cc1ccc(S(=O)(=O)Nc2ccc(CNC(C)C)cc2)s1. The minimum Gasteiger partial charge on any atom is -0.310 e. The molecule has 0 spiro atoms. The van der Waals surface area contributed by atoms with Crippen LogP contribution in [0.1, 0.15) is 24.3 Å². The minimum atomic E-state index is -3.48. The Hall–Kier alpha value is -1.37. The van der Waals surface area contributed by atoms with Gasteiger partial charge in [0.2, 0.25) is 0 Å². The fourth-order valence-electron chi connectivity index (χ4n) is 1.77. The van der Waals surface area contributed by atoms with E-state index in [9.17, 15) is 8.42 Å². The lowest BCUT2D eigenvalue weighted by atomic mass is 10.2. The van der Waals surface area contributed by atoms with E-state index in [0.717, 1.165) is 17.0 Å². The molecule has 21 heavy (non-hydrogen) atoms. The van der Waals surface area contributed by atoms with Crippen molar-refractivity contribution in [3.63, 3.8) is 0 Å². The summed E-state index contributed by atoms with van der Waals surface area (Å²) >= 11 is 1.27. The second kappa shape index (κ2) is 6.60. The van der Waals surface area contributed by atoms with Gasteiger partial charge in [0, 0.05) is 23.2 Å². The third-order valence-electron chi connectivity index (χ3n) is 2.90. The largest absolute Gasteiger partial charge is 0.310 e. The zero-order valence-corrected chi connectivity index (χ0v) is 14.0. The average Bonchev–Trinajstić information content (AvgIpc) is 2.85. The molecule has 0 fully saturated rings. The van der Waals surface area contributed by atoms with E-state index >= 15 is 0 Å². The summed E-state index contributed by atoms with van der Waals surface area (Å²) in [6.45, 7) is 6.84. The molecule has 1 aromatic carbocycles. The summed E-state index contributed by atoms with van der Waals surface area (Å²) in [6, 6.07) is 11.3. The van der Waals surface area contributed by atoms with Crippen molar-refractivity contribution in [2.75, 3.05) is 4.72 Å². The van der Waals surface area contributed by atoms with Crippen molar-refractivity contribution in [2.24, 2.45) is 0 Å². The molecule has 0 saturated heterocycles. The Morgan fingerprint density at radius 2 is 1.76 bits per heavy atom. The molecule has 0 bridgehead atoms. The van der Waals surface area contributed by atoms with E-state index in [0.29, 0.717) is 15.9 Å². The molecule has 1 aromatic heterocycles. The molecule has 0 saturated carbocycles. The van der Waals surface area contributed by atoms with Crippen LogP contribution in [0, 0.1) is 6.92 Å². The fraction of sp³-hybridized carbons (Fsp3) is 0.333. The number of thiophene rings is 1. The highest BCUT2D eigenvalue weighted by Crippen LogP contribution is 2.23. The van der Waals surface area contributed by atoms with Gasteiger partial charge in [0.05, 0.1) is 0 Å². The van der Waals surface area contributed by atoms with Crippen LogP contribution < -0.4 is 10.0 Å². The topological polar surface area (TPSA) is 58.2 Å². The first-order chi connectivity index (χ1) is 9.87. The first-order valence-corrected chi connectivity index (χ1v) is 9.08. The van der Waals surface area contributed by atoms with Gasteiger partial charge in [-0.2, -0.15) is 0 Å². The summed E-state index contributed by atoms with van der Waals surface area (Å²) < 4.78 is 27.3. The van der Waals surface area contributed by atoms with Gasteiger partial charge in [0.1, 0.15) is 4.21 Å². The van der Waals surface area contributed by atoms with E-state index in [2.05, 4.69) is 23.9 Å². The quantitative estimate of drug-likeness (QED) is 0.856. The molecule has 2 aromatic rings. The highest BCUT2D eigenvalue weighted by molar-refractivity contribution is 7.94. The Morgan fingerprint density at radius 1 is 1.10 bits per heavy atom. The van der Waals surface area contributed by atoms with Crippen LogP contribution >= 0.6 is 11.3 Å². The first-order valence-electron chi connectivity index (χ1n) is 6.78. The number of benzene rings is 1. The number of sulfonamides is 1. The maximum absolute atomic E-state index is 12.2. The zero-order valence-electron chi connectivity index (χ0n) is 12.4. The predicted octanol–water partition coefficient (Wildman–Crippen LogP) is 3.36. The molecular formula is C15H20N2O2S2. The van der Waals surface area contributed by atoms with Gasteiger partial charge in [-0.05, 0) is 36.8 Å². The van der Waals surface area contributed by atoms with Gasteiger partial charge in [0.15, 0.2) is 0 Å². The van der Waals surface area contributed by atoms with Gasteiger partial charge in [0.25, 0.3) is 10.0 Å². The molecule has 114 valence electrons. The van der Waals surface area contributed by atoms with Crippen molar-refractivity contribution in [1.82, 2.24) is 5.32 Å². The predicted molar refractivity (Wildman–Crippen MR) is 88.3 cm³/mol. The normalized spacial score (nSPS) is 11.8.